The third-order valence-electron chi connectivity index (χ3n) is 2.97. The van der Waals surface area contributed by atoms with E-state index in [0.29, 0.717) is 11.1 Å². The maximum Gasteiger partial charge on any atom is 0.155 e. The summed E-state index contributed by atoms with van der Waals surface area (Å²) >= 11 is 9.47. The number of halogens is 2. The zero-order valence-corrected chi connectivity index (χ0v) is 10.3. The van der Waals surface area contributed by atoms with Crippen molar-refractivity contribution in [2.45, 2.75) is 25.2 Å². The molecule has 0 bridgehead atoms. The highest BCUT2D eigenvalue weighted by Gasteiger charge is 2.25. The van der Waals surface area contributed by atoms with Crippen LogP contribution in [0.5, 0.6) is 0 Å². The number of imidazole rings is 1. The minimum atomic E-state index is 0.502. The molecule has 0 atom stereocenters. The molecule has 3 rings (SSSR count). The normalized spacial score (nSPS) is 16.9. The number of fused-ring (bicyclic) bond motifs is 1. The number of nitrogens with zero attached hydrogens (tertiary/aromatic N) is 3. The van der Waals surface area contributed by atoms with Gasteiger partial charge in [0.1, 0.15) is 15.9 Å². The summed E-state index contributed by atoms with van der Waals surface area (Å²) in [5.74, 6) is 1.69. The lowest BCUT2D eigenvalue weighted by atomic mass is 9.85. The van der Waals surface area contributed by atoms with E-state index in [4.69, 9.17) is 11.6 Å². The zero-order valence-electron chi connectivity index (χ0n) is 7.95. The van der Waals surface area contributed by atoms with Crippen molar-refractivity contribution in [3.8, 4) is 0 Å². The molecule has 1 fully saturated rings. The molecule has 0 saturated heterocycles. The summed E-state index contributed by atoms with van der Waals surface area (Å²) in [6.07, 6.45) is 7.39. The van der Waals surface area contributed by atoms with Crippen LogP contribution >= 0.6 is 27.5 Å². The zero-order chi connectivity index (χ0) is 10.4. The highest BCUT2D eigenvalue weighted by molar-refractivity contribution is 9.10. The average Bonchev–Trinajstić information content (AvgIpc) is 2.43. The van der Waals surface area contributed by atoms with Gasteiger partial charge in [-0.25, -0.2) is 9.97 Å². The van der Waals surface area contributed by atoms with Crippen LogP contribution in [-0.4, -0.2) is 14.4 Å². The summed E-state index contributed by atoms with van der Waals surface area (Å²) in [7, 11) is 0. The number of hydrogen-bond acceptors (Lipinski definition) is 2. The van der Waals surface area contributed by atoms with Crippen molar-refractivity contribution in [3.05, 3.63) is 28.0 Å². The van der Waals surface area contributed by atoms with E-state index in [0.717, 1.165) is 15.9 Å². The van der Waals surface area contributed by atoms with Gasteiger partial charge in [0.05, 0.1) is 0 Å². The Balaban J connectivity index is 2.27. The summed E-state index contributed by atoms with van der Waals surface area (Å²) < 4.78 is 2.84. The topological polar surface area (TPSA) is 30.2 Å². The molecule has 1 aliphatic rings. The molecule has 2 aromatic heterocycles. The van der Waals surface area contributed by atoms with Crippen molar-refractivity contribution in [2.24, 2.45) is 0 Å². The molecule has 0 aromatic carbocycles. The maximum atomic E-state index is 6.04. The summed E-state index contributed by atoms with van der Waals surface area (Å²) in [5.41, 5.74) is 0.876. The average molecular weight is 287 g/mol. The Labute approximate surface area is 101 Å². The van der Waals surface area contributed by atoms with Crippen molar-refractivity contribution < 1.29 is 0 Å². The van der Waals surface area contributed by atoms with E-state index in [-0.39, 0.29) is 0 Å². The molecule has 0 N–H and O–H groups in total. The van der Waals surface area contributed by atoms with Crippen LogP contribution in [0.15, 0.2) is 17.0 Å². The van der Waals surface area contributed by atoms with Gasteiger partial charge >= 0.3 is 0 Å². The Morgan fingerprint density at radius 1 is 1.47 bits per heavy atom. The van der Waals surface area contributed by atoms with Crippen LogP contribution in [0.4, 0.5) is 0 Å². The molecule has 0 unspecified atom stereocenters. The summed E-state index contributed by atoms with van der Waals surface area (Å²) in [4.78, 5) is 8.59. The predicted molar refractivity (Wildman–Crippen MR) is 62.3 cm³/mol. The second-order valence-corrected chi connectivity index (χ2v) is 4.93. The molecular weight excluding hydrogens is 277 g/mol. The van der Waals surface area contributed by atoms with Gasteiger partial charge in [-0.2, -0.15) is 0 Å². The van der Waals surface area contributed by atoms with Crippen molar-refractivity contribution in [1.82, 2.24) is 14.4 Å². The van der Waals surface area contributed by atoms with Gasteiger partial charge in [0, 0.05) is 18.3 Å². The van der Waals surface area contributed by atoms with E-state index in [1.807, 2.05) is 10.6 Å². The first-order valence-corrected chi connectivity index (χ1v) is 6.12. The maximum absolute atomic E-state index is 6.04. The summed E-state index contributed by atoms with van der Waals surface area (Å²) in [5, 5.41) is 0.502. The minimum absolute atomic E-state index is 0.502. The highest BCUT2D eigenvalue weighted by atomic mass is 79.9. The van der Waals surface area contributed by atoms with Gasteiger partial charge in [-0.15, -0.1) is 0 Å². The van der Waals surface area contributed by atoms with E-state index in [9.17, 15) is 0 Å². The lowest BCUT2D eigenvalue weighted by Gasteiger charge is -2.23. The monoisotopic (exact) mass is 285 g/mol. The largest absolute Gasteiger partial charge is 0.298 e. The lowest BCUT2D eigenvalue weighted by molar-refractivity contribution is 0.400. The summed E-state index contributed by atoms with van der Waals surface area (Å²) in [6, 6.07) is 0. The fourth-order valence-electron chi connectivity index (χ4n) is 1.94. The minimum Gasteiger partial charge on any atom is -0.298 e. The van der Waals surface area contributed by atoms with Crippen LogP contribution in [0.2, 0.25) is 5.15 Å². The fraction of sp³-hybridized carbons (Fsp3) is 0.400. The van der Waals surface area contributed by atoms with E-state index in [2.05, 4.69) is 25.9 Å². The van der Waals surface area contributed by atoms with E-state index < -0.39 is 0 Å². The SMILES string of the molecule is Clc1nccn2c(C3CCC3)nc(Br)c12. The van der Waals surface area contributed by atoms with Gasteiger partial charge in [0.15, 0.2) is 5.15 Å². The van der Waals surface area contributed by atoms with E-state index in [1.165, 1.54) is 19.3 Å². The van der Waals surface area contributed by atoms with E-state index in [1.54, 1.807) is 6.20 Å². The highest BCUT2D eigenvalue weighted by Crippen LogP contribution is 2.38. The molecule has 1 aliphatic carbocycles. The fourth-order valence-corrected chi connectivity index (χ4v) is 2.85. The molecule has 0 aliphatic heterocycles. The molecule has 3 nitrogen and oxygen atoms in total. The van der Waals surface area contributed by atoms with Crippen LogP contribution in [0.3, 0.4) is 0 Å². The van der Waals surface area contributed by atoms with Crippen molar-refractivity contribution in [3.63, 3.8) is 0 Å². The third-order valence-corrected chi connectivity index (χ3v) is 3.79. The van der Waals surface area contributed by atoms with Crippen LogP contribution in [0, 0.1) is 0 Å². The van der Waals surface area contributed by atoms with Gasteiger partial charge in [-0.05, 0) is 28.8 Å². The van der Waals surface area contributed by atoms with Crippen molar-refractivity contribution in [2.75, 3.05) is 0 Å². The van der Waals surface area contributed by atoms with Gasteiger partial charge < -0.3 is 0 Å². The first-order chi connectivity index (χ1) is 7.27. The predicted octanol–water partition coefficient (Wildman–Crippen LogP) is 3.41. The first kappa shape index (κ1) is 9.60. The Hall–Kier alpha value is -0.610. The quantitative estimate of drug-likeness (QED) is 0.804. The molecule has 15 heavy (non-hydrogen) atoms. The van der Waals surface area contributed by atoms with Gasteiger partial charge in [-0.1, -0.05) is 18.0 Å². The Morgan fingerprint density at radius 3 is 2.93 bits per heavy atom. The number of aromatic nitrogens is 3. The summed E-state index contributed by atoms with van der Waals surface area (Å²) in [6.45, 7) is 0. The molecule has 5 heteroatoms. The van der Waals surface area contributed by atoms with Crippen LogP contribution in [0.25, 0.3) is 5.52 Å². The third kappa shape index (κ3) is 1.39. The molecule has 78 valence electrons. The second-order valence-electron chi connectivity index (χ2n) is 3.83. The molecule has 0 amide bonds. The second kappa shape index (κ2) is 3.46. The first-order valence-electron chi connectivity index (χ1n) is 4.95. The molecule has 2 aromatic rings. The van der Waals surface area contributed by atoms with Crippen molar-refractivity contribution in [1.29, 1.82) is 0 Å². The van der Waals surface area contributed by atoms with Crippen LogP contribution in [0.1, 0.15) is 31.0 Å². The Bertz CT molecular complexity index is 519. The molecule has 0 radical (unpaired) electrons. The Morgan fingerprint density at radius 2 is 2.27 bits per heavy atom. The molecule has 2 heterocycles. The molecule has 0 spiro atoms. The number of hydrogen-bond donors (Lipinski definition) is 0. The van der Waals surface area contributed by atoms with E-state index >= 15 is 0 Å². The standard InChI is InChI=1S/C10H9BrClN3/c11-8-7-9(12)13-4-5-15(7)10(14-8)6-2-1-3-6/h4-6H,1-3H2. The van der Waals surface area contributed by atoms with Crippen LogP contribution in [-0.2, 0) is 0 Å². The Kier molecular flexibility index (Phi) is 2.21. The number of rotatable bonds is 1. The smallest absolute Gasteiger partial charge is 0.155 e. The molecular formula is C10H9BrClN3. The molecule has 1 saturated carbocycles. The lowest BCUT2D eigenvalue weighted by Crippen LogP contribution is -2.12. The van der Waals surface area contributed by atoms with Gasteiger partial charge in [-0.3, -0.25) is 4.40 Å². The van der Waals surface area contributed by atoms with Gasteiger partial charge in [0.25, 0.3) is 0 Å². The van der Waals surface area contributed by atoms with Crippen LogP contribution < -0.4 is 0 Å². The van der Waals surface area contributed by atoms with Gasteiger partial charge in [0.2, 0.25) is 0 Å². The van der Waals surface area contributed by atoms with Crippen molar-refractivity contribution >= 4 is 33.0 Å².